The van der Waals surface area contributed by atoms with Crippen LogP contribution in [-0.4, -0.2) is 45.8 Å². The van der Waals surface area contributed by atoms with Gasteiger partial charge in [-0.15, -0.1) is 24.0 Å². The van der Waals surface area contributed by atoms with E-state index < -0.39 is 0 Å². The number of guanidine groups is 1. The third-order valence-electron chi connectivity index (χ3n) is 3.86. The number of carbonyl (C=O) groups excluding carboxylic acids is 1. The molecule has 0 amide bonds. The van der Waals surface area contributed by atoms with Gasteiger partial charge >= 0.3 is 5.97 Å². The van der Waals surface area contributed by atoms with E-state index in [-0.39, 0.29) is 29.9 Å². The lowest BCUT2D eigenvalue weighted by Gasteiger charge is -2.14. The summed E-state index contributed by atoms with van der Waals surface area (Å²) in [6, 6.07) is 5.71. The first kappa shape index (κ1) is 26.3. The molecule has 0 unspecified atom stereocenters. The first-order chi connectivity index (χ1) is 13.1. The Kier molecular flexibility index (Phi) is 15.3. The molecule has 0 spiro atoms. The zero-order valence-corrected chi connectivity index (χ0v) is 19.7. The number of ether oxygens (including phenoxy) is 3. The molecule has 0 aliphatic heterocycles. The van der Waals surface area contributed by atoms with Crippen molar-refractivity contribution in [2.24, 2.45) is 4.99 Å². The number of nitrogens with zero attached hydrogens (tertiary/aromatic N) is 1. The average Bonchev–Trinajstić information content (AvgIpc) is 2.67. The molecule has 1 aromatic rings. The number of esters is 1. The second kappa shape index (κ2) is 16.3. The summed E-state index contributed by atoms with van der Waals surface area (Å²) in [6.45, 7) is 6.05. The highest BCUT2D eigenvalue weighted by molar-refractivity contribution is 14.0. The lowest BCUT2D eigenvalue weighted by molar-refractivity contribution is -0.140. The van der Waals surface area contributed by atoms with Gasteiger partial charge in [-0.25, -0.2) is 0 Å². The molecule has 2 N–H and O–H groups in total. The fraction of sp³-hybridized carbons (Fsp3) is 0.600. The molecule has 0 radical (unpaired) electrons. The minimum absolute atomic E-state index is 0. The van der Waals surface area contributed by atoms with E-state index >= 15 is 0 Å². The number of benzene rings is 1. The van der Waals surface area contributed by atoms with Crippen LogP contribution in [0.15, 0.2) is 23.2 Å². The van der Waals surface area contributed by atoms with E-state index in [1.165, 1.54) is 7.11 Å². The van der Waals surface area contributed by atoms with Gasteiger partial charge in [-0.2, -0.15) is 0 Å². The molecule has 0 aliphatic rings. The predicted molar refractivity (Wildman–Crippen MR) is 124 cm³/mol. The van der Waals surface area contributed by atoms with Gasteiger partial charge in [0.25, 0.3) is 0 Å². The average molecular weight is 507 g/mol. The maximum absolute atomic E-state index is 11.1. The number of hydrogen-bond donors (Lipinski definition) is 2. The first-order valence-electron chi connectivity index (χ1n) is 9.57. The zero-order valence-electron chi connectivity index (χ0n) is 17.4. The van der Waals surface area contributed by atoms with Crippen molar-refractivity contribution in [2.75, 3.05) is 39.2 Å². The van der Waals surface area contributed by atoms with E-state index in [0.717, 1.165) is 50.4 Å². The van der Waals surface area contributed by atoms with Crippen LogP contribution >= 0.6 is 24.0 Å². The van der Waals surface area contributed by atoms with Gasteiger partial charge < -0.3 is 24.8 Å². The highest BCUT2D eigenvalue weighted by atomic mass is 127. The van der Waals surface area contributed by atoms with E-state index in [0.29, 0.717) is 24.5 Å². The Morgan fingerprint density at radius 1 is 1.07 bits per heavy atom. The summed E-state index contributed by atoms with van der Waals surface area (Å²) < 4.78 is 15.6. The second-order valence-corrected chi connectivity index (χ2v) is 5.92. The van der Waals surface area contributed by atoms with Gasteiger partial charge in [0, 0.05) is 31.3 Å². The number of hydrogen-bond acceptors (Lipinski definition) is 5. The normalized spacial score (nSPS) is 10.6. The minimum atomic E-state index is -0.141. The van der Waals surface area contributed by atoms with Crippen molar-refractivity contribution < 1.29 is 19.0 Å². The second-order valence-electron chi connectivity index (χ2n) is 5.92. The van der Waals surface area contributed by atoms with E-state index in [1.807, 2.05) is 32.0 Å². The fourth-order valence-corrected chi connectivity index (χ4v) is 2.49. The van der Waals surface area contributed by atoms with Crippen LogP contribution in [0.3, 0.4) is 0 Å². The maximum Gasteiger partial charge on any atom is 0.305 e. The molecule has 1 rings (SSSR count). The Morgan fingerprint density at radius 2 is 1.82 bits per heavy atom. The van der Waals surface area contributed by atoms with Crippen LogP contribution in [0.1, 0.15) is 46.0 Å². The summed E-state index contributed by atoms with van der Waals surface area (Å²) in [6.07, 6.45) is 4.37. The summed E-state index contributed by atoms with van der Waals surface area (Å²) in [4.78, 5) is 15.7. The lowest BCUT2D eigenvalue weighted by atomic mass is 10.1. The first-order valence-corrected chi connectivity index (χ1v) is 9.57. The van der Waals surface area contributed by atoms with Crippen LogP contribution in [0, 0.1) is 0 Å². The van der Waals surface area contributed by atoms with Gasteiger partial charge in [-0.05, 0) is 38.8 Å². The molecule has 0 bridgehead atoms. The molecule has 0 atom stereocenters. The number of carbonyl (C=O) groups is 1. The summed E-state index contributed by atoms with van der Waals surface area (Å²) in [5, 5.41) is 6.54. The fourth-order valence-electron chi connectivity index (χ4n) is 2.49. The molecule has 0 saturated carbocycles. The van der Waals surface area contributed by atoms with Gasteiger partial charge in [-0.3, -0.25) is 9.79 Å². The van der Waals surface area contributed by atoms with Crippen LogP contribution in [0.4, 0.5) is 5.69 Å². The number of aliphatic imine (C=N–C) groups is 1. The van der Waals surface area contributed by atoms with E-state index in [4.69, 9.17) is 9.47 Å². The molecular weight excluding hydrogens is 473 g/mol. The predicted octanol–water partition coefficient (Wildman–Crippen LogP) is 4.21. The van der Waals surface area contributed by atoms with E-state index in [2.05, 4.69) is 20.4 Å². The van der Waals surface area contributed by atoms with Crippen LogP contribution in [-0.2, 0) is 9.53 Å². The van der Waals surface area contributed by atoms with Crippen molar-refractivity contribution in [2.45, 2.75) is 46.0 Å². The van der Waals surface area contributed by atoms with Crippen LogP contribution in [0.2, 0.25) is 0 Å². The number of unbranched alkanes of at least 4 members (excludes halogenated alkanes) is 3. The largest absolute Gasteiger partial charge is 0.493 e. The molecule has 8 heteroatoms. The maximum atomic E-state index is 11.1. The molecule has 0 saturated heterocycles. The van der Waals surface area contributed by atoms with Crippen molar-refractivity contribution in [1.82, 2.24) is 5.32 Å². The molecule has 0 fully saturated rings. The molecule has 28 heavy (non-hydrogen) atoms. The van der Waals surface area contributed by atoms with Crippen molar-refractivity contribution in [3.05, 3.63) is 18.2 Å². The molecule has 0 heterocycles. The van der Waals surface area contributed by atoms with Gasteiger partial charge in [0.05, 0.1) is 20.8 Å². The summed E-state index contributed by atoms with van der Waals surface area (Å²) in [5.41, 5.74) is 0.886. The van der Waals surface area contributed by atoms with Crippen molar-refractivity contribution in [3.63, 3.8) is 0 Å². The van der Waals surface area contributed by atoms with Gasteiger partial charge in [0.15, 0.2) is 17.5 Å². The van der Waals surface area contributed by atoms with Crippen LogP contribution in [0.5, 0.6) is 11.5 Å². The van der Waals surface area contributed by atoms with Gasteiger partial charge in [0.2, 0.25) is 0 Å². The Morgan fingerprint density at radius 3 is 2.46 bits per heavy atom. The molecule has 1 aromatic carbocycles. The standard InChI is InChI=1S/C20H33N3O4.HI/c1-5-21-20(22-14-10-8-7-9-11-19(24)26-4)23-16-12-13-17(25-3)18(15-16)27-6-2;/h12-13,15H,5-11,14H2,1-4H3,(H2,21,22,23);1H. The third-order valence-corrected chi connectivity index (χ3v) is 3.86. The van der Waals surface area contributed by atoms with Gasteiger partial charge in [-0.1, -0.05) is 12.8 Å². The van der Waals surface area contributed by atoms with E-state index in [1.54, 1.807) is 7.11 Å². The quantitative estimate of drug-likeness (QED) is 0.145. The highest BCUT2D eigenvalue weighted by Crippen LogP contribution is 2.30. The highest BCUT2D eigenvalue weighted by Gasteiger charge is 2.07. The monoisotopic (exact) mass is 507 g/mol. The molecule has 160 valence electrons. The topological polar surface area (TPSA) is 81.2 Å². The number of nitrogens with one attached hydrogen (secondary N) is 2. The molecule has 0 aliphatic carbocycles. The Bertz CT molecular complexity index is 597. The SMILES string of the molecule is CCNC(=NCCCCCCC(=O)OC)Nc1ccc(OC)c(OCC)c1.I. The number of anilines is 1. The Balaban J connectivity index is 0.00000729. The minimum Gasteiger partial charge on any atom is -0.493 e. The summed E-state index contributed by atoms with van der Waals surface area (Å²) >= 11 is 0. The van der Waals surface area contributed by atoms with Crippen LogP contribution in [0.25, 0.3) is 0 Å². The molecular formula is C20H34IN3O4. The van der Waals surface area contributed by atoms with E-state index in [9.17, 15) is 4.79 Å². The number of halogens is 1. The van der Waals surface area contributed by atoms with Crippen molar-refractivity contribution in [3.8, 4) is 11.5 Å². The number of methoxy groups -OCH3 is 2. The smallest absolute Gasteiger partial charge is 0.305 e. The summed E-state index contributed by atoms with van der Waals surface area (Å²) in [7, 11) is 3.05. The third kappa shape index (κ3) is 10.6. The Hall–Kier alpha value is -1.71. The zero-order chi connectivity index (χ0) is 19.9. The lowest BCUT2D eigenvalue weighted by Crippen LogP contribution is -2.30. The van der Waals surface area contributed by atoms with Crippen molar-refractivity contribution >= 4 is 41.6 Å². The van der Waals surface area contributed by atoms with Gasteiger partial charge in [0.1, 0.15) is 0 Å². The van der Waals surface area contributed by atoms with Crippen LogP contribution < -0.4 is 20.1 Å². The number of rotatable bonds is 12. The molecule has 0 aromatic heterocycles. The molecule has 7 nitrogen and oxygen atoms in total. The summed E-state index contributed by atoms with van der Waals surface area (Å²) in [5.74, 6) is 2.00. The van der Waals surface area contributed by atoms with Crippen molar-refractivity contribution in [1.29, 1.82) is 0 Å². The Labute approximate surface area is 185 Å².